The maximum atomic E-state index is 13.8. The lowest BCUT2D eigenvalue weighted by Crippen LogP contribution is -2.34. The zero-order chi connectivity index (χ0) is 24.8. The first kappa shape index (κ1) is 25.5. The molecule has 2 aliphatic rings. The number of likely N-dealkylation sites (tertiary alicyclic amines) is 1. The Kier molecular flexibility index (Phi) is 8.37. The molecule has 0 bridgehead atoms. The largest absolute Gasteiger partial charge is 0.489 e. The van der Waals surface area contributed by atoms with E-state index in [0.717, 1.165) is 69.7 Å². The summed E-state index contributed by atoms with van der Waals surface area (Å²) in [4.78, 5) is 13.0. The van der Waals surface area contributed by atoms with Gasteiger partial charge in [-0.05, 0) is 79.4 Å². The number of aliphatic carboxylic acids is 1. The van der Waals surface area contributed by atoms with Crippen molar-refractivity contribution in [2.45, 2.75) is 76.0 Å². The van der Waals surface area contributed by atoms with Gasteiger partial charge in [0.05, 0.1) is 12.0 Å². The number of carboxylic acid groups (broad SMARTS) is 1. The number of alkyl halides is 3. The van der Waals surface area contributed by atoms with E-state index in [4.69, 9.17) is 9.84 Å². The highest BCUT2D eigenvalue weighted by Crippen LogP contribution is 2.42. The lowest BCUT2D eigenvalue weighted by atomic mass is 9.82. The molecule has 1 saturated carbocycles. The lowest BCUT2D eigenvalue weighted by Gasteiger charge is -2.31. The number of piperidine rings is 1. The van der Waals surface area contributed by atoms with Crippen LogP contribution in [0.1, 0.15) is 85.5 Å². The quantitative estimate of drug-likeness (QED) is 0.434. The van der Waals surface area contributed by atoms with Gasteiger partial charge in [-0.1, -0.05) is 49.6 Å². The molecule has 35 heavy (non-hydrogen) atoms. The molecule has 2 fully saturated rings. The molecule has 7 heteroatoms. The minimum absolute atomic E-state index is 0.0222. The van der Waals surface area contributed by atoms with Crippen molar-refractivity contribution in [3.05, 3.63) is 64.7 Å². The van der Waals surface area contributed by atoms with Gasteiger partial charge in [-0.25, -0.2) is 0 Å². The van der Waals surface area contributed by atoms with Gasteiger partial charge in [-0.3, -0.25) is 4.79 Å². The zero-order valence-electron chi connectivity index (χ0n) is 20.0. The molecule has 2 aromatic rings. The van der Waals surface area contributed by atoms with E-state index >= 15 is 0 Å². The molecule has 1 N–H and O–H groups in total. The predicted octanol–water partition coefficient (Wildman–Crippen LogP) is 6.99. The average molecular weight is 490 g/mol. The standard InChI is InChI=1S/C28H34F3NO3/c29-28(30,31)26-18-24(10-11-25(26)23-4-2-1-3-5-23)35-19-20-6-8-21(9-7-20)22-12-15-32(16-13-22)17-14-27(33)34/h6-11,18,22-23H,1-5,12-17,19H2,(H,33,34). The Morgan fingerprint density at radius 2 is 1.63 bits per heavy atom. The van der Waals surface area contributed by atoms with Crippen LogP contribution in [0.4, 0.5) is 13.2 Å². The zero-order valence-corrected chi connectivity index (χ0v) is 20.0. The van der Waals surface area contributed by atoms with E-state index in [0.29, 0.717) is 18.0 Å². The SMILES string of the molecule is O=C(O)CCN1CCC(c2ccc(COc3ccc(C4CCCCC4)c(C(F)(F)F)c3)cc2)CC1. The first-order valence-electron chi connectivity index (χ1n) is 12.7. The molecule has 0 radical (unpaired) electrons. The molecule has 0 amide bonds. The maximum absolute atomic E-state index is 13.8. The Hall–Kier alpha value is -2.54. The number of carboxylic acids is 1. The molecule has 0 aromatic heterocycles. The Labute approximate surface area is 205 Å². The normalized spacial score (nSPS) is 18.5. The minimum atomic E-state index is -4.39. The van der Waals surface area contributed by atoms with Crippen molar-refractivity contribution in [3.63, 3.8) is 0 Å². The molecule has 190 valence electrons. The summed E-state index contributed by atoms with van der Waals surface area (Å²) >= 11 is 0. The van der Waals surface area contributed by atoms with Crippen LogP contribution in [-0.4, -0.2) is 35.6 Å². The Balaban J connectivity index is 1.34. The summed E-state index contributed by atoms with van der Waals surface area (Å²) in [6.45, 7) is 2.59. The maximum Gasteiger partial charge on any atom is 0.416 e. The number of carbonyl (C=O) groups is 1. The van der Waals surface area contributed by atoms with Gasteiger partial charge in [0.15, 0.2) is 0 Å². The summed E-state index contributed by atoms with van der Waals surface area (Å²) in [6.07, 6.45) is 2.47. The van der Waals surface area contributed by atoms with Crippen LogP contribution in [0.15, 0.2) is 42.5 Å². The molecule has 2 aromatic carbocycles. The first-order chi connectivity index (χ1) is 16.8. The third-order valence-electron chi connectivity index (χ3n) is 7.46. The van der Waals surface area contributed by atoms with Crippen LogP contribution in [-0.2, 0) is 17.6 Å². The fourth-order valence-corrected chi connectivity index (χ4v) is 5.44. The molecule has 1 saturated heterocycles. The molecular formula is C28H34F3NO3. The Morgan fingerprint density at radius 1 is 0.943 bits per heavy atom. The predicted molar refractivity (Wildman–Crippen MR) is 129 cm³/mol. The Bertz CT molecular complexity index is 976. The third-order valence-corrected chi connectivity index (χ3v) is 7.46. The smallest absolute Gasteiger partial charge is 0.416 e. The molecule has 0 atom stereocenters. The van der Waals surface area contributed by atoms with E-state index in [1.54, 1.807) is 12.1 Å². The van der Waals surface area contributed by atoms with Gasteiger partial charge < -0.3 is 14.7 Å². The highest BCUT2D eigenvalue weighted by atomic mass is 19.4. The second kappa shape index (κ2) is 11.5. The van der Waals surface area contributed by atoms with Gasteiger partial charge in [0.2, 0.25) is 0 Å². The molecule has 1 aliphatic carbocycles. The van der Waals surface area contributed by atoms with Crippen molar-refractivity contribution in [2.75, 3.05) is 19.6 Å². The number of nitrogens with zero attached hydrogens (tertiary/aromatic N) is 1. The number of ether oxygens (including phenoxy) is 1. The molecular weight excluding hydrogens is 455 g/mol. The highest BCUT2D eigenvalue weighted by molar-refractivity contribution is 5.66. The van der Waals surface area contributed by atoms with E-state index in [9.17, 15) is 18.0 Å². The number of hydrogen-bond acceptors (Lipinski definition) is 3. The van der Waals surface area contributed by atoms with E-state index in [2.05, 4.69) is 17.0 Å². The summed E-state index contributed by atoms with van der Waals surface area (Å²) in [6, 6.07) is 12.6. The second-order valence-corrected chi connectivity index (χ2v) is 9.87. The van der Waals surface area contributed by atoms with Gasteiger partial charge >= 0.3 is 12.1 Å². The van der Waals surface area contributed by atoms with Crippen molar-refractivity contribution < 1.29 is 27.8 Å². The van der Waals surface area contributed by atoms with Crippen LogP contribution >= 0.6 is 0 Å². The third kappa shape index (κ3) is 7.00. The fraction of sp³-hybridized carbons (Fsp3) is 0.536. The van der Waals surface area contributed by atoms with E-state index in [-0.39, 0.29) is 24.7 Å². The summed E-state index contributed by atoms with van der Waals surface area (Å²) in [7, 11) is 0. The van der Waals surface area contributed by atoms with Crippen LogP contribution in [0.25, 0.3) is 0 Å². The molecule has 1 aliphatic heterocycles. The first-order valence-corrected chi connectivity index (χ1v) is 12.7. The summed E-state index contributed by atoms with van der Waals surface area (Å²) in [5, 5.41) is 8.85. The van der Waals surface area contributed by atoms with Gasteiger partial charge in [0.1, 0.15) is 12.4 Å². The van der Waals surface area contributed by atoms with Crippen molar-refractivity contribution in [1.29, 1.82) is 0 Å². The second-order valence-electron chi connectivity index (χ2n) is 9.87. The summed E-state index contributed by atoms with van der Waals surface area (Å²) in [5.41, 5.74) is 2.00. The van der Waals surface area contributed by atoms with Crippen LogP contribution in [0, 0.1) is 0 Å². The topological polar surface area (TPSA) is 49.8 Å². The number of hydrogen-bond donors (Lipinski definition) is 1. The summed E-state index contributed by atoms with van der Waals surface area (Å²) in [5.74, 6) is -0.104. The van der Waals surface area contributed by atoms with Crippen molar-refractivity contribution in [3.8, 4) is 5.75 Å². The molecule has 0 spiro atoms. The molecule has 1 heterocycles. The number of rotatable bonds is 8. The van der Waals surface area contributed by atoms with Gasteiger partial charge in [0.25, 0.3) is 0 Å². The lowest BCUT2D eigenvalue weighted by molar-refractivity contribution is -0.139. The number of halogens is 3. The molecule has 4 rings (SSSR count). The van der Waals surface area contributed by atoms with Crippen molar-refractivity contribution in [1.82, 2.24) is 4.90 Å². The van der Waals surface area contributed by atoms with Crippen LogP contribution < -0.4 is 4.74 Å². The van der Waals surface area contributed by atoms with Crippen LogP contribution in [0.2, 0.25) is 0 Å². The number of benzene rings is 2. The summed E-state index contributed by atoms with van der Waals surface area (Å²) < 4.78 is 47.1. The van der Waals surface area contributed by atoms with Gasteiger partial charge in [0, 0.05) is 6.54 Å². The van der Waals surface area contributed by atoms with Gasteiger partial charge in [-0.15, -0.1) is 0 Å². The van der Waals surface area contributed by atoms with Crippen molar-refractivity contribution in [2.24, 2.45) is 0 Å². The average Bonchev–Trinajstić information content (AvgIpc) is 2.87. The highest BCUT2D eigenvalue weighted by Gasteiger charge is 2.36. The van der Waals surface area contributed by atoms with Crippen LogP contribution in [0.5, 0.6) is 5.75 Å². The van der Waals surface area contributed by atoms with E-state index < -0.39 is 17.7 Å². The molecule has 4 nitrogen and oxygen atoms in total. The van der Waals surface area contributed by atoms with Crippen molar-refractivity contribution >= 4 is 5.97 Å². The fourth-order valence-electron chi connectivity index (χ4n) is 5.44. The van der Waals surface area contributed by atoms with Gasteiger partial charge in [-0.2, -0.15) is 13.2 Å². The molecule has 0 unspecified atom stereocenters. The monoisotopic (exact) mass is 489 g/mol. The van der Waals surface area contributed by atoms with E-state index in [1.807, 2.05) is 12.1 Å². The Morgan fingerprint density at radius 3 is 2.26 bits per heavy atom. The van der Waals surface area contributed by atoms with Crippen LogP contribution in [0.3, 0.4) is 0 Å². The minimum Gasteiger partial charge on any atom is -0.489 e. The van der Waals surface area contributed by atoms with E-state index in [1.165, 1.54) is 5.56 Å².